The first-order chi connectivity index (χ1) is 15.7. The van der Waals surface area contributed by atoms with Gasteiger partial charge in [-0.05, 0) is 44.2 Å². The summed E-state index contributed by atoms with van der Waals surface area (Å²) in [5, 5.41) is 21.5. The van der Waals surface area contributed by atoms with E-state index >= 15 is 0 Å². The Hall–Kier alpha value is -2.45. The molecule has 1 saturated heterocycles. The number of aliphatic hydroxyl groups excluding tert-OH is 1. The van der Waals surface area contributed by atoms with Gasteiger partial charge in [0.25, 0.3) is 0 Å². The SMILES string of the molecule is COc1ccccc1-c1cn(CC[C@H]2CC[C@H](NC(=O)C3CCCCC3)[C@@H](CO)O2)nn1. The Morgan fingerprint density at radius 2 is 2.03 bits per heavy atom. The minimum Gasteiger partial charge on any atom is -0.496 e. The highest BCUT2D eigenvalue weighted by atomic mass is 16.5. The lowest BCUT2D eigenvalue weighted by atomic mass is 9.88. The summed E-state index contributed by atoms with van der Waals surface area (Å²) in [7, 11) is 1.64. The number of aryl methyl sites for hydroxylation is 1. The van der Waals surface area contributed by atoms with E-state index < -0.39 is 0 Å². The van der Waals surface area contributed by atoms with Crippen LogP contribution in [-0.2, 0) is 16.1 Å². The molecular formula is C24H34N4O4. The van der Waals surface area contributed by atoms with Crippen molar-refractivity contribution < 1.29 is 19.4 Å². The highest BCUT2D eigenvalue weighted by Crippen LogP contribution is 2.28. The Kier molecular flexibility index (Phi) is 7.76. The summed E-state index contributed by atoms with van der Waals surface area (Å²) < 4.78 is 13.4. The number of carbonyl (C=O) groups is 1. The van der Waals surface area contributed by atoms with Gasteiger partial charge < -0.3 is 19.9 Å². The van der Waals surface area contributed by atoms with Crippen LogP contribution < -0.4 is 10.1 Å². The van der Waals surface area contributed by atoms with Gasteiger partial charge in [-0.25, -0.2) is 0 Å². The Labute approximate surface area is 189 Å². The molecule has 1 aromatic carbocycles. The molecule has 1 aliphatic carbocycles. The summed E-state index contributed by atoms with van der Waals surface area (Å²) in [6.45, 7) is 0.581. The van der Waals surface area contributed by atoms with Gasteiger partial charge in [0.05, 0.1) is 32.1 Å². The van der Waals surface area contributed by atoms with Crippen LogP contribution in [0.2, 0.25) is 0 Å². The summed E-state index contributed by atoms with van der Waals surface area (Å²) in [5.74, 6) is 1.01. The number of para-hydroxylation sites is 1. The molecule has 2 aliphatic rings. The van der Waals surface area contributed by atoms with E-state index in [4.69, 9.17) is 9.47 Å². The van der Waals surface area contributed by atoms with Gasteiger partial charge in [0, 0.05) is 18.0 Å². The lowest BCUT2D eigenvalue weighted by Gasteiger charge is -2.37. The molecule has 32 heavy (non-hydrogen) atoms. The van der Waals surface area contributed by atoms with Crippen molar-refractivity contribution in [1.82, 2.24) is 20.3 Å². The molecule has 1 aromatic heterocycles. The van der Waals surface area contributed by atoms with E-state index in [0.717, 1.165) is 62.0 Å². The Balaban J connectivity index is 1.28. The van der Waals surface area contributed by atoms with Crippen molar-refractivity contribution in [2.45, 2.75) is 76.2 Å². The van der Waals surface area contributed by atoms with E-state index in [0.29, 0.717) is 6.54 Å². The summed E-state index contributed by atoms with van der Waals surface area (Å²) in [6, 6.07) is 7.63. The fraction of sp³-hybridized carbons (Fsp3) is 0.625. The van der Waals surface area contributed by atoms with Gasteiger partial charge in [0.2, 0.25) is 5.91 Å². The molecule has 1 amide bonds. The third kappa shape index (κ3) is 5.48. The number of methoxy groups -OCH3 is 1. The summed E-state index contributed by atoms with van der Waals surface area (Å²) in [4.78, 5) is 12.6. The minimum atomic E-state index is -0.360. The third-order valence-corrected chi connectivity index (χ3v) is 6.70. The molecule has 1 aliphatic heterocycles. The number of nitrogens with one attached hydrogen (secondary N) is 1. The quantitative estimate of drug-likeness (QED) is 0.652. The first kappa shape index (κ1) is 22.7. The van der Waals surface area contributed by atoms with Gasteiger partial charge in [-0.3, -0.25) is 9.48 Å². The van der Waals surface area contributed by atoms with Crippen LogP contribution in [0.25, 0.3) is 11.3 Å². The number of amides is 1. The second kappa shape index (κ2) is 10.9. The number of carbonyl (C=O) groups excluding carboxylic acids is 1. The largest absolute Gasteiger partial charge is 0.496 e. The van der Waals surface area contributed by atoms with Crippen LogP contribution in [0.4, 0.5) is 0 Å². The monoisotopic (exact) mass is 442 g/mol. The van der Waals surface area contributed by atoms with Crippen molar-refractivity contribution in [1.29, 1.82) is 0 Å². The van der Waals surface area contributed by atoms with Gasteiger partial charge in [0.15, 0.2) is 0 Å². The smallest absolute Gasteiger partial charge is 0.223 e. The van der Waals surface area contributed by atoms with Crippen LogP contribution in [0.15, 0.2) is 30.5 Å². The number of ether oxygens (including phenoxy) is 2. The van der Waals surface area contributed by atoms with Gasteiger partial charge >= 0.3 is 0 Å². The van der Waals surface area contributed by atoms with E-state index in [1.807, 2.05) is 35.1 Å². The molecule has 2 aromatic rings. The average Bonchev–Trinajstić information content (AvgIpc) is 3.32. The van der Waals surface area contributed by atoms with E-state index in [1.165, 1.54) is 6.42 Å². The molecule has 3 atom stereocenters. The average molecular weight is 443 g/mol. The number of benzene rings is 1. The van der Waals surface area contributed by atoms with Crippen molar-refractivity contribution in [2.24, 2.45) is 5.92 Å². The van der Waals surface area contributed by atoms with Crippen molar-refractivity contribution in [3.05, 3.63) is 30.5 Å². The Morgan fingerprint density at radius 3 is 2.81 bits per heavy atom. The normalized spacial score (nSPS) is 24.2. The van der Waals surface area contributed by atoms with Gasteiger partial charge in [0.1, 0.15) is 17.5 Å². The molecule has 4 rings (SSSR count). The lowest BCUT2D eigenvalue weighted by molar-refractivity contribution is -0.133. The van der Waals surface area contributed by atoms with Gasteiger partial charge in [-0.1, -0.05) is 36.6 Å². The molecule has 8 heteroatoms. The zero-order valence-electron chi connectivity index (χ0n) is 18.8. The highest BCUT2D eigenvalue weighted by Gasteiger charge is 2.33. The van der Waals surface area contributed by atoms with Crippen molar-refractivity contribution >= 4 is 5.91 Å². The maximum absolute atomic E-state index is 12.6. The minimum absolute atomic E-state index is 0.0221. The van der Waals surface area contributed by atoms with Crippen LogP contribution in [0.1, 0.15) is 51.4 Å². The van der Waals surface area contributed by atoms with Crippen LogP contribution in [0.5, 0.6) is 5.75 Å². The number of aliphatic hydroxyl groups is 1. The first-order valence-corrected chi connectivity index (χ1v) is 11.8. The molecular weight excluding hydrogens is 408 g/mol. The van der Waals surface area contributed by atoms with Crippen molar-refractivity contribution in [3.63, 3.8) is 0 Å². The van der Waals surface area contributed by atoms with Gasteiger partial charge in [-0.2, -0.15) is 0 Å². The fourth-order valence-corrected chi connectivity index (χ4v) is 4.84. The maximum atomic E-state index is 12.6. The number of aromatic nitrogens is 3. The topological polar surface area (TPSA) is 98.5 Å². The van der Waals surface area contributed by atoms with Crippen LogP contribution >= 0.6 is 0 Å². The standard InChI is InChI=1S/C24H34N4O4/c1-31-22-10-6-5-9-19(22)21-15-28(27-26-21)14-13-18-11-12-20(23(16-29)32-18)25-24(30)17-7-3-2-4-8-17/h5-6,9-10,15,17-18,20,23,29H,2-4,7-8,11-14,16H2,1H3,(H,25,30)/t18-,20+,23-/m1/s1. The molecule has 0 unspecified atom stereocenters. The second-order valence-electron chi connectivity index (χ2n) is 8.86. The molecule has 174 valence electrons. The molecule has 0 spiro atoms. The molecule has 0 bridgehead atoms. The summed E-state index contributed by atoms with van der Waals surface area (Å²) in [6.07, 6.45) is 9.45. The fourth-order valence-electron chi connectivity index (χ4n) is 4.84. The van der Waals surface area contributed by atoms with Crippen molar-refractivity contribution in [2.75, 3.05) is 13.7 Å². The molecule has 0 radical (unpaired) electrons. The molecule has 1 saturated carbocycles. The summed E-state index contributed by atoms with van der Waals surface area (Å²) in [5.41, 5.74) is 1.68. The number of hydrogen-bond donors (Lipinski definition) is 2. The number of hydrogen-bond acceptors (Lipinski definition) is 6. The van der Waals surface area contributed by atoms with E-state index in [9.17, 15) is 9.90 Å². The maximum Gasteiger partial charge on any atom is 0.223 e. The second-order valence-corrected chi connectivity index (χ2v) is 8.86. The van der Waals surface area contributed by atoms with Crippen molar-refractivity contribution in [3.8, 4) is 17.0 Å². The first-order valence-electron chi connectivity index (χ1n) is 11.8. The molecule has 2 heterocycles. The van der Waals surface area contributed by atoms with E-state index in [2.05, 4.69) is 15.6 Å². The summed E-state index contributed by atoms with van der Waals surface area (Å²) >= 11 is 0. The Bertz CT molecular complexity index is 880. The number of rotatable bonds is 8. The van der Waals surface area contributed by atoms with Crippen LogP contribution in [0, 0.1) is 5.92 Å². The zero-order chi connectivity index (χ0) is 22.3. The molecule has 8 nitrogen and oxygen atoms in total. The van der Waals surface area contributed by atoms with Crippen LogP contribution in [-0.4, -0.2) is 58.0 Å². The number of nitrogens with zero attached hydrogens (tertiary/aromatic N) is 3. The highest BCUT2D eigenvalue weighted by molar-refractivity contribution is 5.79. The molecule has 2 fully saturated rings. The Morgan fingerprint density at radius 1 is 1.22 bits per heavy atom. The van der Waals surface area contributed by atoms with Gasteiger partial charge in [-0.15, -0.1) is 5.10 Å². The van der Waals surface area contributed by atoms with E-state index in [1.54, 1.807) is 7.11 Å². The third-order valence-electron chi connectivity index (χ3n) is 6.70. The zero-order valence-corrected chi connectivity index (χ0v) is 18.8. The lowest BCUT2D eigenvalue weighted by Crippen LogP contribution is -2.52. The predicted molar refractivity (Wildman–Crippen MR) is 120 cm³/mol. The van der Waals surface area contributed by atoms with E-state index in [-0.39, 0.29) is 36.7 Å². The van der Waals surface area contributed by atoms with Crippen LogP contribution in [0.3, 0.4) is 0 Å². The predicted octanol–water partition coefficient (Wildman–Crippen LogP) is 2.95. The molecule has 2 N–H and O–H groups in total.